The van der Waals surface area contributed by atoms with E-state index in [0.29, 0.717) is 47.0 Å². The van der Waals surface area contributed by atoms with Crippen LogP contribution in [0.15, 0.2) is 15.3 Å². The number of aryl methyl sites for hydroxylation is 1. The Hall–Kier alpha value is -2.17. The topological polar surface area (TPSA) is 57.9 Å². The van der Waals surface area contributed by atoms with E-state index in [0.717, 1.165) is 5.56 Å². The summed E-state index contributed by atoms with van der Waals surface area (Å²) in [6.45, 7) is 2.27. The largest absolute Gasteiger partial charge is 0.495 e. The summed E-state index contributed by atoms with van der Waals surface area (Å²) in [4.78, 5) is 12.2. The molecule has 0 radical (unpaired) electrons. The van der Waals surface area contributed by atoms with Crippen molar-refractivity contribution in [2.45, 2.75) is 13.3 Å². The molecule has 1 aromatic heterocycles. The standard InChI is InChI=1S/C14H14O5/c1-7-6-9(15)10-11(16-2)8-4-5-18-12(8)14(17-3)13(10)19-7/h6H,4-5H2,1-3H3. The van der Waals surface area contributed by atoms with Gasteiger partial charge in [-0.25, -0.2) is 0 Å². The molecule has 1 aromatic carbocycles. The van der Waals surface area contributed by atoms with Crippen LogP contribution in [0.2, 0.25) is 0 Å². The Morgan fingerprint density at radius 1 is 1.21 bits per heavy atom. The molecule has 5 nitrogen and oxygen atoms in total. The molecule has 0 fully saturated rings. The van der Waals surface area contributed by atoms with Crippen LogP contribution in [0.25, 0.3) is 11.0 Å². The van der Waals surface area contributed by atoms with Crippen LogP contribution in [0.4, 0.5) is 0 Å². The summed E-state index contributed by atoms with van der Waals surface area (Å²) in [6.07, 6.45) is 0.693. The number of methoxy groups -OCH3 is 2. The summed E-state index contributed by atoms with van der Waals surface area (Å²) >= 11 is 0. The minimum atomic E-state index is -0.136. The van der Waals surface area contributed by atoms with Gasteiger partial charge in [0.1, 0.15) is 16.9 Å². The summed E-state index contributed by atoms with van der Waals surface area (Å²) < 4.78 is 22.0. The Balaban J connectivity index is 2.56. The molecule has 1 aliphatic heterocycles. The van der Waals surface area contributed by atoms with Crippen molar-refractivity contribution in [1.29, 1.82) is 0 Å². The fourth-order valence-electron chi connectivity index (χ4n) is 2.52. The quantitative estimate of drug-likeness (QED) is 0.829. The molecule has 0 spiro atoms. The number of benzene rings is 1. The molecule has 3 rings (SSSR count). The maximum atomic E-state index is 12.2. The van der Waals surface area contributed by atoms with E-state index in [1.54, 1.807) is 14.0 Å². The second-order valence-corrected chi connectivity index (χ2v) is 4.40. The molecule has 0 N–H and O–H groups in total. The van der Waals surface area contributed by atoms with Gasteiger partial charge in [0, 0.05) is 18.1 Å². The Kier molecular flexibility index (Phi) is 2.62. The summed E-state index contributed by atoms with van der Waals surface area (Å²) in [5, 5.41) is 0.411. The molecule has 1 aliphatic rings. The maximum absolute atomic E-state index is 12.2. The third kappa shape index (κ3) is 1.58. The van der Waals surface area contributed by atoms with Crippen molar-refractivity contribution in [2.75, 3.05) is 20.8 Å². The molecule has 0 bridgehead atoms. The highest BCUT2D eigenvalue weighted by Gasteiger charge is 2.29. The lowest BCUT2D eigenvalue weighted by atomic mass is 10.1. The molecular weight excluding hydrogens is 248 g/mol. The average molecular weight is 262 g/mol. The number of fused-ring (bicyclic) bond motifs is 2. The van der Waals surface area contributed by atoms with Crippen molar-refractivity contribution in [3.63, 3.8) is 0 Å². The minimum Gasteiger partial charge on any atom is -0.495 e. The molecule has 19 heavy (non-hydrogen) atoms. The Morgan fingerprint density at radius 2 is 1.95 bits per heavy atom. The van der Waals surface area contributed by atoms with Crippen LogP contribution >= 0.6 is 0 Å². The van der Waals surface area contributed by atoms with Gasteiger partial charge in [-0.15, -0.1) is 0 Å². The van der Waals surface area contributed by atoms with E-state index in [-0.39, 0.29) is 5.43 Å². The summed E-state index contributed by atoms with van der Waals surface area (Å²) in [6, 6.07) is 1.45. The van der Waals surface area contributed by atoms with Crippen molar-refractivity contribution < 1.29 is 18.6 Å². The number of rotatable bonds is 2. The second kappa shape index (κ2) is 4.19. The highest BCUT2D eigenvalue weighted by molar-refractivity contribution is 5.93. The Labute approximate surface area is 109 Å². The Morgan fingerprint density at radius 3 is 2.63 bits per heavy atom. The third-order valence-electron chi connectivity index (χ3n) is 3.27. The van der Waals surface area contributed by atoms with Gasteiger partial charge in [-0.2, -0.15) is 0 Å². The van der Waals surface area contributed by atoms with Crippen molar-refractivity contribution in [1.82, 2.24) is 0 Å². The molecule has 2 aromatic rings. The molecule has 0 amide bonds. The van der Waals surface area contributed by atoms with Gasteiger partial charge in [0.2, 0.25) is 5.75 Å². The molecule has 0 atom stereocenters. The molecule has 100 valence electrons. The lowest BCUT2D eigenvalue weighted by molar-refractivity contribution is 0.324. The fraction of sp³-hybridized carbons (Fsp3) is 0.357. The molecule has 5 heteroatoms. The zero-order valence-corrected chi connectivity index (χ0v) is 11.0. The van der Waals surface area contributed by atoms with Crippen LogP contribution in [0, 0.1) is 6.92 Å². The first kappa shape index (κ1) is 11.9. The van der Waals surface area contributed by atoms with Crippen LogP contribution in [-0.4, -0.2) is 20.8 Å². The first-order valence-electron chi connectivity index (χ1n) is 6.01. The molecule has 0 aliphatic carbocycles. The lowest BCUT2D eigenvalue weighted by Gasteiger charge is -2.13. The molecule has 0 unspecified atom stereocenters. The van der Waals surface area contributed by atoms with Gasteiger partial charge in [0.05, 0.1) is 20.8 Å². The van der Waals surface area contributed by atoms with Gasteiger partial charge in [-0.3, -0.25) is 4.79 Å². The normalized spacial score (nSPS) is 13.2. The van der Waals surface area contributed by atoms with Crippen LogP contribution in [0.3, 0.4) is 0 Å². The maximum Gasteiger partial charge on any atom is 0.205 e. The van der Waals surface area contributed by atoms with Crippen molar-refractivity contribution >= 4 is 11.0 Å². The van der Waals surface area contributed by atoms with E-state index in [2.05, 4.69) is 0 Å². The van der Waals surface area contributed by atoms with Crippen LogP contribution in [0.1, 0.15) is 11.3 Å². The van der Waals surface area contributed by atoms with Gasteiger partial charge in [0.25, 0.3) is 0 Å². The number of ether oxygens (including phenoxy) is 3. The smallest absolute Gasteiger partial charge is 0.205 e. The second-order valence-electron chi connectivity index (χ2n) is 4.40. The van der Waals surface area contributed by atoms with Gasteiger partial charge in [0.15, 0.2) is 16.8 Å². The lowest BCUT2D eigenvalue weighted by Crippen LogP contribution is -2.05. The molecule has 2 heterocycles. The highest BCUT2D eigenvalue weighted by atomic mass is 16.5. The highest BCUT2D eigenvalue weighted by Crippen LogP contribution is 2.47. The third-order valence-corrected chi connectivity index (χ3v) is 3.27. The minimum absolute atomic E-state index is 0.136. The first-order valence-corrected chi connectivity index (χ1v) is 6.01. The average Bonchev–Trinajstić information content (AvgIpc) is 2.84. The van der Waals surface area contributed by atoms with E-state index in [9.17, 15) is 4.79 Å². The van der Waals surface area contributed by atoms with Gasteiger partial charge >= 0.3 is 0 Å². The summed E-state index contributed by atoms with van der Waals surface area (Å²) in [5.74, 6) is 2.12. The summed E-state index contributed by atoms with van der Waals surface area (Å²) in [7, 11) is 3.07. The monoisotopic (exact) mass is 262 g/mol. The zero-order chi connectivity index (χ0) is 13.6. The first-order chi connectivity index (χ1) is 9.17. The van der Waals surface area contributed by atoms with Crippen molar-refractivity contribution in [2.24, 2.45) is 0 Å². The van der Waals surface area contributed by atoms with E-state index in [1.165, 1.54) is 13.2 Å². The molecular formula is C14H14O5. The van der Waals surface area contributed by atoms with Crippen LogP contribution < -0.4 is 19.6 Å². The van der Waals surface area contributed by atoms with E-state index >= 15 is 0 Å². The predicted molar refractivity (Wildman–Crippen MR) is 69.5 cm³/mol. The van der Waals surface area contributed by atoms with E-state index in [1.807, 2.05) is 0 Å². The van der Waals surface area contributed by atoms with E-state index in [4.69, 9.17) is 18.6 Å². The van der Waals surface area contributed by atoms with Crippen molar-refractivity contribution in [3.8, 4) is 17.2 Å². The zero-order valence-electron chi connectivity index (χ0n) is 11.0. The SMILES string of the molecule is COc1c2c(c(OC)c3c(=O)cc(C)oc13)CCO2. The van der Waals surface area contributed by atoms with Gasteiger partial charge < -0.3 is 18.6 Å². The van der Waals surface area contributed by atoms with Crippen LogP contribution in [0.5, 0.6) is 17.2 Å². The predicted octanol–water partition coefficient (Wildman–Crippen LogP) is 2.05. The fourth-order valence-corrected chi connectivity index (χ4v) is 2.52. The van der Waals surface area contributed by atoms with Gasteiger partial charge in [-0.05, 0) is 6.92 Å². The molecule has 0 saturated heterocycles. The summed E-state index contributed by atoms with van der Waals surface area (Å²) in [5.41, 5.74) is 1.11. The van der Waals surface area contributed by atoms with Crippen molar-refractivity contribution in [3.05, 3.63) is 27.6 Å². The molecule has 0 saturated carbocycles. The van der Waals surface area contributed by atoms with Gasteiger partial charge in [-0.1, -0.05) is 0 Å². The number of hydrogen-bond donors (Lipinski definition) is 0. The van der Waals surface area contributed by atoms with Crippen LogP contribution in [-0.2, 0) is 6.42 Å². The number of hydrogen-bond acceptors (Lipinski definition) is 5. The van der Waals surface area contributed by atoms with E-state index < -0.39 is 0 Å². The Bertz CT molecular complexity index is 714.